The second kappa shape index (κ2) is 7.90. The monoisotopic (exact) mass is 410 g/mol. The number of amides is 2. The predicted molar refractivity (Wildman–Crippen MR) is 115 cm³/mol. The summed E-state index contributed by atoms with van der Waals surface area (Å²) in [6.45, 7) is 4.86. The second-order valence-electron chi connectivity index (χ2n) is 10.3. The first-order chi connectivity index (χ1) is 14.5. The van der Waals surface area contributed by atoms with Gasteiger partial charge in [-0.15, -0.1) is 0 Å². The van der Waals surface area contributed by atoms with Gasteiger partial charge in [-0.1, -0.05) is 17.7 Å². The van der Waals surface area contributed by atoms with Gasteiger partial charge in [0.2, 0.25) is 5.91 Å². The molecule has 5 fully saturated rings. The van der Waals surface area contributed by atoms with Crippen LogP contribution in [0.25, 0.3) is 0 Å². The Labute approximate surface area is 179 Å². The van der Waals surface area contributed by atoms with E-state index in [0.717, 1.165) is 55.7 Å². The largest absolute Gasteiger partial charge is 0.484 e. The van der Waals surface area contributed by atoms with E-state index in [1.165, 1.54) is 24.8 Å². The number of benzene rings is 1. The van der Waals surface area contributed by atoms with Crippen LogP contribution in [-0.2, 0) is 9.59 Å². The van der Waals surface area contributed by atoms with Crippen LogP contribution in [-0.4, -0.2) is 54.4 Å². The minimum Gasteiger partial charge on any atom is -0.484 e. The molecule has 5 nitrogen and oxygen atoms in total. The van der Waals surface area contributed by atoms with Crippen LogP contribution in [0, 0.1) is 30.1 Å². The maximum absolute atomic E-state index is 13.6. The number of rotatable bonds is 4. The molecular weight excluding hydrogens is 376 g/mol. The highest BCUT2D eigenvalue weighted by Gasteiger charge is 2.55. The molecule has 0 radical (unpaired) electrons. The Morgan fingerprint density at radius 1 is 0.900 bits per heavy atom. The molecule has 4 bridgehead atoms. The van der Waals surface area contributed by atoms with Gasteiger partial charge >= 0.3 is 0 Å². The normalized spacial score (nSPS) is 32.8. The minimum absolute atomic E-state index is 0.0136. The Bertz CT molecular complexity index is 768. The van der Waals surface area contributed by atoms with Crippen LogP contribution in [0.5, 0.6) is 5.75 Å². The molecule has 162 valence electrons. The van der Waals surface area contributed by atoms with Crippen LogP contribution in [0.4, 0.5) is 0 Å². The fourth-order valence-electron chi connectivity index (χ4n) is 6.95. The van der Waals surface area contributed by atoms with E-state index in [2.05, 4.69) is 4.90 Å². The molecule has 1 aliphatic heterocycles. The van der Waals surface area contributed by atoms with E-state index in [1.807, 2.05) is 36.1 Å². The third-order valence-electron chi connectivity index (χ3n) is 8.01. The molecule has 2 amide bonds. The summed E-state index contributed by atoms with van der Waals surface area (Å²) >= 11 is 0. The van der Waals surface area contributed by atoms with Gasteiger partial charge in [-0.05, 0) is 81.8 Å². The Balaban J connectivity index is 1.17. The summed E-state index contributed by atoms with van der Waals surface area (Å²) in [7, 11) is 0. The van der Waals surface area contributed by atoms with E-state index in [0.29, 0.717) is 25.5 Å². The van der Waals surface area contributed by atoms with E-state index in [9.17, 15) is 9.59 Å². The van der Waals surface area contributed by atoms with Gasteiger partial charge in [0.05, 0.1) is 5.41 Å². The Morgan fingerprint density at radius 3 is 2.10 bits per heavy atom. The molecule has 0 spiro atoms. The van der Waals surface area contributed by atoms with E-state index in [4.69, 9.17) is 4.74 Å². The quantitative estimate of drug-likeness (QED) is 0.761. The minimum atomic E-state index is -0.0809. The lowest BCUT2D eigenvalue weighted by atomic mass is 9.49. The number of aryl methyl sites for hydroxylation is 1. The van der Waals surface area contributed by atoms with Crippen molar-refractivity contribution in [2.75, 3.05) is 32.8 Å². The summed E-state index contributed by atoms with van der Waals surface area (Å²) in [5.74, 6) is 3.48. The highest BCUT2D eigenvalue weighted by molar-refractivity contribution is 5.83. The maximum Gasteiger partial charge on any atom is 0.260 e. The molecule has 0 aromatic heterocycles. The summed E-state index contributed by atoms with van der Waals surface area (Å²) in [5.41, 5.74) is 1.09. The summed E-state index contributed by atoms with van der Waals surface area (Å²) in [5, 5.41) is 0. The van der Waals surface area contributed by atoms with Gasteiger partial charge in [0.25, 0.3) is 5.91 Å². The van der Waals surface area contributed by atoms with Crippen molar-refractivity contribution in [3.05, 3.63) is 29.8 Å². The zero-order valence-electron chi connectivity index (χ0n) is 18.1. The van der Waals surface area contributed by atoms with Crippen LogP contribution in [0.2, 0.25) is 0 Å². The highest BCUT2D eigenvalue weighted by Crippen LogP contribution is 2.60. The molecule has 5 heteroatoms. The average Bonchev–Trinajstić information content (AvgIpc) is 2.98. The van der Waals surface area contributed by atoms with Crippen molar-refractivity contribution in [1.82, 2.24) is 9.80 Å². The Hall–Kier alpha value is -2.04. The third-order valence-corrected chi connectivity index (χ3v) is 8.01. The van der Waals surface area contributed by atoms with Crippen molar-refractivity contribution in [1.29, 1.82) is 0 Å². The number of hydrogen-bond acceptors (Lipinski definition) is 3. The van der Waals surface area contributed by atoms with Gasteiger partial charge in [-0.2, -0.15) is 0 Å². The maximum atomic E-state index is 13.6. The molecular formula is C25H34N2O3. The van der Waals surface area contributed by atoms with Crippen molar-refractivity contribution >= 4 is 11.8 Å². The fourth-order valence-corrected chi connectivity index (χ4v) is 6.95. The summed E-state index contributed by atoms with van der Waals surface area (Å²) < 4.78 is 5.68. The molecule has 4 aliphatic carbocycles. The number of ether oxygens (including phenoxy) is 1. The molecule has 0 N–H and O–H groups in total. The van der Waals surface area contributed by atoms with Crippen molar-refractivity contribution in [3.63, 3.8) is 0 Å². The van der Waals surface area contributed by atoms with Gasteiger partial charge < -0.3 is 14.5 Å². The lowest BCUT2D eigenvalue weighted by Crippen LogP contribution is -2.55. The van der Waals surface area contributed by atoms with Crippen LogP contribution < -0.4 is 4.74 Å². The summed E-state index contributed by atoms with van der Waals surface area (Å²) in [6.07, 6.45) is 8.26. The lowest BCUT2D eigenvalue weighted by molar-refractivity contribution is -0.157. The van der Waals surface area contributed by atoms with Gasteiger partial charge in [0.1, 0.15) is 5.75 Å². The van der Waals surface area contributed by atoms with Gasteiger partial charge in [-0.3, -0.25) is 9.59 Å². The van der Waals surface area contributed by atoms with Crippen LogP contribution in [0.3, 0.4) is 0 Å². The van der Waals surface area contributed by atoms with Crippen LogP contribution in [0.1, 0.15) is 50.5 Å². The first-order valence-corrected chi connectivity index (χ1v) is 11.8. The summed E-state index contributed by atoms with van der Waals surface area (Å²) in [6, 6.07) is 7.77. The zero-order valence-corrected chi connectivity index (χ0v) is 18.1. The summed E-state index contributed by atoms with van der Waals surface area (Å²) in [4.78, 5) is 30.3. The van der Waals surface area contributed by atoms with Crippen LogP contribution >= 0.6 is 0 Å². The highest BCUT2D eigenvalue weighted by atomic mass is 16.5. The van der Waals surface area contributed by atoms with Gasteiger partial charge in [0, 0.05) is 26.2 Å². The van der Waals surface area contributed by atoms with Gasteiger partial charge in [0.15, 0.2) is 6.61 Å². The first-order valence-electron chi connectivity index (χ1n) is 11.8. The molecule has 6 rings (SSSR count). The van der Waals surface area contributed by atoms with Gasteiger partial charge in [-0.25, -0.2) is 0 Å². The molecule has 1 aromatic carbocycles. The van der Waals surface area contributed by atoms with E-state index >= 15 is 0 Å². The zero-order chi connectivity index (χ0) is 20.7. The molecule has 4 saturated carbocycles. The number of hydrogen-bond donors (Lipinski definition) is 0. The molecule has 1 heterocycles. The van der Waals surface area contributed by atoms with Crippen LogP contribution in [0.15, 0.2) is 24.3 Å². The van der Waals surface area contributed by atoms with Crippen molar-refractivity contribution in [2.24, 2.45) is 23.2 Å². The van der Waals surface area contributed by atoms with Crippen molar-refractivity contribution in [3.8, 4) is 5.75 Å². The standard InChI is InChI=1S/C25H34N2O3/c1-18-3-5-22(6-4-18)30-17-23(28)26-7-2-8-27(10-9-26)24(29)25-14-19-11-20(15-25)13-21(12-19)16-25/h3-6,19-21H,2,7-17H2,1H3. The molecule has 1 saturated heterocycles. The first kappa shape index (κ1) is 19.9. The molecule has 0 unspecified atom stereocenters. The SMILES string of the molecule is Cc1ccc(OCC(=O)N2CCCN(C(=O)C34CC5CC(CC(C5)C3)C4)CC2)cc1. The van der Waals surface area contributed by atoms with E-state index < -0.39 is 0 Å². The molecule has 0 atom stereocenters. The number of nitrogens with zero attached hydrogens (tertiary/aromatic N) is 2. The molecule has 1 aromatic rings. The third kappa shape index (κ3) is 3.83. The Morgan fingerprint density at radius 2 is 1.47 bits per heavy atom. The predicted octanol–water partition coefficient (Wildman–Crippen LogP) is 3.65. The fraction of sp³-hybridized carbons (Fsp3) is 0.680. The molecule has 5 aliphatic rings. The van der Waals surface area contributed by atoms with E-state index in [-0.39, 0.29) is 17.9 Å². The number of carbonyl (C=O) groups excluding carboxylic acids is 2. The lowest BCUT2D eigenvalue weighted by Gasteiger charge is -2.56. The topological polar surface area (TPSA) is 49.9 Å². The smallest absolute Gasteiger partial charge is 0.260 e. The molecule has 30 heavy (non-hydrogen) atoms. The number of carbonyl (C=O) groups is 2. The average molecular weight is 411 g/mol. The van der Waals surface area contributed by atoms with Crippen molar-refractivity contribution in [2.45, 2.75) is 51.9 Å². The Kier molecular flexibility index (Phi) is 5.24. The van der Waals surface area contributed by atoms with Crippen molar-refractivity contribution < 1.29 is 14.3 Å². The van der Waals surface area contributed by atoms with E-state index in [1.54, 1.807) is 0 Å². The second-order valence-corrected chi connectivity index (χ2v) is 10.3.